The standard InChI is InChI=1S/C11H20N4O2/c1-14(2)8-6-12-7-9-15-11(16)5-4-10(13-15)17-3/h4-5,12H,6-9H2,1-3H3. The summed E-state index contributed by atoms with van der Waals surface area (Å²) in [6, 6.07) is 3.03. The van der Waals surface area contributed by atoms with E-state index >= 15 is 0 Å². The number of nitrogens with one attached hydrogen (secondary N) is 1. The normalized spacial score (nSPS) is 10.8. The zero-order chi connectivity index (χ0) is 12.7. The number of hydrogen-bond acceptors (Lipinski definition) is 5. The molecule has 0 unspecified atom stereocenters. The molecule has 0 radical (unpaired) electrons. The van der Waals surface area contributed by atoms with E-state index in [9.17, 15) is 4.79 Å². The Bertz CT molecular complexity index is 389. The van der Waals surface area contributed by atoms with Crippen molar-refractivity contribution < 1.29 is 4.74 Å². The second-order valence-corrected chi connectivity index (χ2v) is 3.99. The third kappa shape index (κ3) is 4.97. The van der Waals surface area contributed by atoms with Gasteiger partial charge in [-0.25, -0.2) is 4.68 Å². The van der Waals surface area contributed by atoms with Gasteiger partial charge in [-0.1, -0.05) is 0 Å². The molecule has 0 aliphatic heterocycles. The van der Waals surface area contributed by atoms with Crippen LogP contribution in [0.1, 0.15) is 0 Å². The van der Waals surface area contributed by atoms with Crippen molar-refractivity contribution in [3.05, 3.63) is 22.5 Å². The number of nitrogens with zero attached hydrogens (tertiary/aromatic N) is 3. The number of hydrogen-bond donors (Lipinski definition) is 1. The lowest BCUT2D eigenvalue weighted by Crippen LogP contribution is -2.32. The Morgan fingerprint density at radius 3 is 2.82 bits per heavy atom. The molecule has 6 heteroatoms. The molecular weight excluding hydrogens is 220 g/mol. The van der Waals surface area contributed by atoms with Crippen LogP contribution in [0.5, 0.6) is 5.88 Å². The monoisotopic (exact) mass is 240 g/mol. The van der Waals surface area contributed by atoms with Crippen molar-refractivity contribution in [1.82, 2.24) is 20.0 Å². The van der Waals surface area contributed by atoms with Gasteiger partial charge in [-0.3, -0.25) is 4.79 Å². The average molecular weight is 240 g/mol. The number of aromatic nitrogens is 2. The maximum Gasteiger partial charge on any atom is 0.267 e. The summed E-state index contributed by atoms with van der Waals surface area (Å²) >= 11 is 0. The third-order valence-electron chi connectivity index (χ3n) is 2.29. The van der Waals surface area contributed by atoms with E-state index in [4.69, 9.17) is 4.74 Å². The Labute approximate surface area is 101 Å². The number of rotatable bonds is 7. The maximum absolute atomic E-state index is 11.5. The lowest BCUT2D eigenvalue weighted by Gasteiger charge is -2.10. The summed E-state index contributed by atoms with van der Waals surface area (Å²) in [7, 11) is 5.58. The van der Waals surface area contributed by atoms with Gasteiger partial charge in [-0.15, -0.1) is 5.10 Å². The summed E-state index contributed by atoms with van der Waals surface area (Å²) in [6.45, 7) is 3.13. The molecule has 0 atom stereocenters. The van der Waals surface area contributed by atoms with Gasteiger partial charge in [-0.2, -0.15) is 0 Å². The van der Waals surface area contributed by atoms with Gasteiger partial charge >= 0.3 is 0 Å². The molecule has 1 rings (SSSR count). The van der Waals surface area contributed by atoms with Gasteiger partial charge in [0.15, 0.2) is 0 Å². The molecule has 96 valence electrons. The Balaban J connectivity index is 2.38. The number of likely N-dealkylation sites (N-methyl/N-ethyl adjacent to an activating group) is 1. The molecule has 1 heterocycles. The van der Waals surface area contributed by atoms with Crippen LogP contribution in [0.15, 0.2) is 16.9 Å². The van der Waals surface area contributed by atoms with Gasteiger partial charge in [0.1, 0.15) is 0 Å². The highest BCUT2D eigenvalue weighted by atomic mass is 16.5. The van der Waals surface area contributed by atoms with Crippen LogP contribution >= 0.6 is 0 Å². The van der Waals surface area contributed by atoms with Crippen LogP contribution in [0.4, 0.5) is 0 Å². The molecule has 0 saturated carbocycles. The predicted molar refractivity (Wildman–Crippen MR) is 66.5 cm³/mol. The smallest absolute Gasteiger partial charge is 0.267 e. The maximum atomic E-state index is 11.5. The average Bonchev–Trinajstić information content (AvgIpc) is 2.30. The van der Waals surface area contributed by atoms with E-state index in [-0.39, 0.29) is 5.56 Å². The van der Waals surface area contributed by atoms with Crippen molar-refractivity contribution in [2.75, 3.05) is 40.8 Å². The van der Waals surface area contributed by atoms with Crippen LogP contribution in [0.2, 0.25) is 0 Å². The predicted octanol–water partition coefficient (Wildman–Crippen LogP) is -0.597. The molecule has 1 aromatic rings. The summed E-state index contributed by atoms with van der Waals surface area (Å²) in [6.07, 6.45) is 0. The van der Waals surface area contributed by atoms with Crippen molar-refractivity contribution in [2.45, 2.75) is 6.54 Å². The van der Waals surface area contributed by atoms with E-state index in [1.807, 2.05) is 14.1 Å². The van der Waals surface area contributed by atoms with Crippen molar-refractivity contribution in [3.63, 3.8) is 0 Å². The first-order valence-corrected chi connectivity index (χ1v) is 5.61. The van der Waals surface area contributed by atoms with Crippen LogP contribution in [0.25, 0.3) is 0 Å². The highest BCUT2D eigenvalue weighted by Crippen LogP contribution is 1.98. The molecular formula is C11H20N4O2. The fourth-order valence-electron chi connectivity index (χ4n) is 1.31. The second-order valence-electron chi connectivity index (χ2n) is 3.99. The molecule has 0 fully saturated rings. The molecule has 0 saturated heterocycles. The first kappa shape index (κ1) is 13.7. The molecule has 17 heavy (non-hydrogen) atoms. The van der Waals surface area contributed by atoms with E-state index in [1.165, 1.54) is 17.9 Å². The minimum absolute atomic E-state index is 0.111. The Hall–Kier alpha value is -1.40. The summed E-state index contributed by atoms with van der Waals surface area (Å²) in [5.41, 5.74) is -0.111. The minimum atomic E-state index is -0.111. The highest BCUT2D eigenvalue weighted by molar-refractivity contribution is 5.05. The van der Waals surface area contributed by atoms with Gasteiger partial charge in [-0.05, 0) is 14.1 Å². The molecule has 0 bridgehead atoms. The van der Waals surface area contributed by atoms with Gasteiger partial charge < -0.3 is 15.0 Å². The van der Waals surface area contributed by atoms with Crippen molar-refractivity contribution in [1.29, 1.82) is 0 Å². The number of ether oxygens (including phenoxy) is 1. The molecule has 0 aliphatic rings. The lowest BCUT2D eigenvalue weighted by molar-refractivity contribution is 0.370. The largest absolute Gasteiger partial charge is 0.480 e. The van der Waals surface area contributed by atoms with Crippen LogP contribution in [0, 0.1) is 0 Å². The van der Waals surface area contributed by atoms with Crippen molar-refractivity contribution in [2.24, 2.45) is 0 Å². The topological polar surface area (TPSA) is 59.4 Å². The highest BCUT2D eigenvalue weighted by Gasteiger charge is 1.99. The number of methoxy groups -OCH3 is 1. The molecule has 6 nitrogen and oxygen atoms in total. The van der Waals surface area contributed by atoms with Gasteiger partial charge in [0.25, 0.3) is 5.56 Å². The third-order valence-corrected chi connectivity index (χ3v) is 2.29. The van der Waals surface area contributed by atoms with Gasteiger partial charge in [0.2, 0.25) is 5.88 Å². The van der Waals surface area contributed by atoms with Crippen LogP contribution < -0.4 is 15.6 Å². The van der Waals surface area contributed by atoms with E-state index in [1.54, 1.807) is 6.07 Å². The molecule has 0 amide bonds. The fraction of sp³-hybridized carbons (Fsp3) is 0.636. The molecule has 0 aliphatic carbocycles. The van der Waals surface area contributed by atoms with E-state index in [0.717, 1.165) is 13.1 Å². The second kappa shape index (κ2) is 7.03. The summed E-state index contributed by atoms with van der Waals surface area (Å²) in [4.78, 5) is 13.6. The Morgan fingerprint density at radius 1 is 1.41 bits per heavy atom. The van der Waals surface area contributed by atoms with E-state index in [2.05, 4.69) is 15.3 Å². The quantitative estimate of drug-likeness (QED) is 0.645. The van der Waals surface area contributed by atoms with Crippen molar-refractivity contribution >= 4 is 0 Å². The molecule has 1 aromatic heterocycles. The van der Waals surface area contributed by atoms with E-state index < -0.39 is 0 Å². The Kier molecular flexibility index (Phi) is 5.65. The van der Waals surface area contributed by atoms with E-state index in [0.29, 0.717) is 19.0 Å². The zero-order valence-corrected chi connectivity index (χ0v) is 10.6. The first-order chi connectivity index (χ1) is 8.13. The van der Waals surface area contributed by atoms with Crippen molar-refractivity contribution in [3.8, 4) is 5.88 Å². The van der Waals surface area contributed by atoms with Crippen LogP contribution in [-0.2, 0) is 6.54 Å². The Morgan fingerprint density at radius 2 is 2.18 bits per heavy atom. The van der Waals surface area contributed by atoms with Gasteiger partial charge in [0.05, 0.1) is 13.7 Å². The molecule has 0 spiro atoms. The van der Waals surface area contributed by atoms with Crippen LogP contribution in [-0.4, -0.2) is 55.5 Å². The lowest BCUT2D eigenvalue weighted by atomic mass is 10.5. The van der Waals surface area contributed by atoms with Crippen LogP contribution in [0.3, 0.4) is 0 Å². The SMILES string of the molecule is COc1ccc(=O)n(CCNCCN(C)C)n1. The summed E-state index contributed by atoms with van der Waals surface area (Å²) in [5.74, 6) is 0.456. The summed E-state index contributed by atoms with van der Waals surface area (Å²) in [5, 5.41) is 7.30. The molecule has 1 N–H and O–H groups in total. The van der Waals surface area contributed by atoms with Gasteiger partial charge in [0, 0.05) is 31.8 Å². The minimum Gasteiger partial charge on any atom is -0.480 e. The zero-order valence-electron chi connectivity index (χ0n) is 10.6. The summed E-state index contributed by atoms with van der Waals surface area (Å²) < 4.78 is 6.38. The fourth-order valence-corrected chi connectivity index (χ4v) is 1.31. The molecule has 0 aromatic carbocycles. The first-order valence-electron chi connectivity index (χ1n) is 5.61.